The van der Waals surface area contributed by atoms with Crippen molar-refractivity contribution < 1.29 is 14.3 Å². The van der Waals surface area contributed by atoms with Gasteiger partial charge in [0.2, 0.25) is 0 Å². The number of hydrogen-bond acceptors (Lipinski definition) is 3. The minimum atomic E-state index is -0.419. The number of hydrogen-bond donors (Lipinski definition) is 1. The monoisotopic (exact) mass is 213 g/mol. The molecule has 0 aromatic rings. The van der Waals surface area contributed by atoms with Gasteiger partial charge in [-0.3, -0.25) is 0 Å². The fourth-order valence-electron chi connectivity index (χ4n) is 2.01. The Labute approximate surface area is 90.3 Å². The molecule has 0 spiro atoms. The van der Waals surface area contributed by atoms with Crippen molar-refractivity contribution in [1.29, 1.82) is 0 Å². The Bertz CT molecular complexity index is 259. The summed E-state index contributed by atoms with van der Waals surface area (Å²) in [6, 6.07) is 0.226. The normalized spacial score (nSPS) is 34.2. The molecule has 2 fully saturated rings. The maximum atomic E-state index is 11.5. The van der Waals surface area contributed by atoms with Gasteiger partial charge < -0.3 is 14.8 Å². The van der Waals surface area contributed by atoms with Crippen molar-refractivity contribution in [1.82, 2.24) is 5.32 Å². The third kappa shape index (κ3) is 3.09. The van der Waals surface area contributed by atoms with E-state index in [2.05, 4.69) is 5.32 Å². The van der Waals surface area contributed by atoms with Gasteiger partial charge in [0.15, 0.2) is 0 Å². The SMILES string of the molecule is CC(C)(C)OC(=O)N[C@@H]1CC[C@H]2O[C@@H]2C1. The third-order valence-corrected chi connectivity index (χ3v) is 2.72. The van der Waals surface area contributed by atoms with Gasteiger partial charge in [0.1, 0.15) is 5.60 Å². The van der Waals surface area contributed by atoms with Crippen molar-refractivity contribution in [3.63, 3.8) is 0 Å². The Morgan fingerprint density at radius 1 is 1.33 bits per heavy atom. The number of nitrogens with one attached hydrogen (secondary N) is 1. The molecule has 0 radical (unpaired) electrons. The number of alkyl carbamates (subject to hydrolysis) is 1. The maximum absolute atomic E-state index is 11.5. The van der Waals surface area contributed by atoms with Gasteiger partial charge >= 0.3 is 6.09 Å². The summed E-state index contributed by atoms with van der Waals surface area (Å²) in [4.78, 5) is 11.5. The van der Waals surface area contributed by atoms with Crippen LogP contribution in [0.1, 0.15) is 40.0 Å². The molecule has 1 N–H and O–H groups in total. The van der Waals surface area contributed by atoms with E-state index in [-0.39, 0.29) is 12.1 Å². The first-order chi connectivity index (χ1) is 6.94. The topological polar surface area (TPSA) is 50.9 Å². The second-order valence-electron chi connectivity index (χ2n) is 5.37. The average molecular weight is 213 g/mol. The van der Waals surface area contributed by atoms with Crippen LogP contribution in [0.25, 0.3) is 0 Å². The molecule has 0 bridgehead atoms. The van der Waals surface area contributed by atoms with Gasteiger partial charge in [-0.1, -0.05) is 0 Å². The highest BCUT2D eigenvalue weighted by Crippen LogP contribution is 2.36. The van der Waals surface area contributed by atoms with Gasteiger partial charge in [-0.05, 0) is 40.0 Å². The molecule has 0 aromatic heterocycles. The van der Waals surface area contributed by atoms with Crippen LogP contribution in [0, 0.1) is 0 Å². The van der Waals surface area contributed by atoms with E-state index < -0.39 is 5.60 Å². The zero-order chi connectivity index (χ0) is 11.1. The molecule has 1 saturated heterocycles. The van der Waals surface area contributed by atoms with Crippen LogP contribution in [0.3, 0.4) is 0 Å². The first kappa shape index (κ1) is 10.7. The number of amides is 1. The van der Waals surface area contributed by atoms with E-state index in [9.17, 15) is 4.79 Å². The highest BCUT2D eigenvalue weighted by molar-refractivity contribution is 5.68. The summed E-state index contributed by atoms with van der Waals surface area (Å²) in [5, 5.41) is 2.89. The van der Waals surface area contributed by atoms with Crippen molar-refractivity contribution in [3.05, 3.63) is 0 Å². The van der Waals surface area contributed by atoms with E-state index in [4.69, 9.17) is 9.47 Å². The summed E-state index contributed by atoms with van der Waals surface area (Å²) in [7, 11) is 0. The minimum Gasteiger partial charge on any atom is -0.444 e. The predicted molar refractivity (Wildman–Crippen MR) is 55.7 cm³/mol. The van der Waals surface area contributed by atoms with Crippen LogP contribution in [-0.2, 0) is 9.47 Å². The number of epoxide rings is 1. The van der Waals surface area contributed by atoms with Crippen LogP contribution in [0.4, 0.5) is 4.79 Å². The lowest BCUT2D eigenvalue weighted by molar-refractivity contribution is 0.0495. The predicted octanol–water partition coefficient (Wildman–Crippen LogP) is 1.83. The van der Waals surface area contributed by atoms with Crippen LogP contribution in [-0.4, -0.2) is 29.9 Å². The highest BCUT2D eigenvalue weighted by Gasteiger charge is 2.44. The van der Waals surface area contributed by atoms with Crippen LogP contribution in [0.5, 0.6) is 0 Å². The van der Waals surface area contributed by atoms with E-state index in [1.165, 1.54) is 0 Å². The van der Waals surface area contributed by atoms with Crippen LogP contribution in [0.2, 0.25) is 0 Å². The molecule has 15 heavy (non-hydrogen) atoms. The lowest BCUT2D eigenvalue weighted by Crippen LogP contribution is -2.41. The second-order valence-corrected chi connectivity index (χ2v) is 5.37. The smallest absolute Gasteiger partial charge is 0.407 e. The Morgan fingerprint density at radius 3 is 2.67 bits per heavy atom. The maximum Gasteiger partial charge on any atom is 0.407 e. The van der Waals surface area contributed by atoms with Crippen molar-refractivity contribution in [2.24, 2.45) is 0 Å². The molecule has 1 aliphatic carbocycles. The van der Waals surface area contributed by atoms with Crippen molar-refractivity contribution >= 4 is 6.09 Å². The summed E-state index contributed by atoms with van der Waals surface area (Å²) < 4.78 is 10.6. The molecule has 1 heterocycles. The zero-order valence-electron chi connectivity index (χ0n) is 9.58. The third-order valence-electron chi connectivity index (χ3n) is 2.72. The summed E-state index contributed by atoms with van der Waals surface area (Å²) >= 11 is 0. The van der Waals surface area contributed by atoms with Gasteiger partial charge in [-0.2, -0.15) is 0 Å². The van der Waals surface area contributed by atoms with E-state index >= 15 is 0 Å². The van der Waals surface area contributed by atoms with Crippen molar-refractivity contribution in [2.45, 2.75) is 63.9 Å². The molecule has 4 heteroatoms. The molecule has 1 saturated carbocycles. The van der Waals surface area contributed by atoms with Crippen molar-refractivity contribution in [3.8, 4) is 0 Å². The van der Waals surface area contributed by atoms with Gasteiger partial charge in [0.05, 0.1) is 12.2 Å². The first-order valence-electron chi connectivity index (χ1n) is 5.59. The molecular formula is C11H19NO3. The molecule has 3 atom stereocenters. The van der Waals surface area contributed by atoms with Crippen LogP contribution < -0.4 is 5.32 Å². The number of carbonyl (C=O) groups is 1. The molecule has 2 rings (SSSR count). The molecule has 2 aliphatic rings. The van der Waals surface area contributed by atoms with Crippen molar-refractivity contribution in [2.75, 3.05) is 0 Å². The molecular weight excluding hydrogens is 194 g/mol. The molecule has 0 aromatic carbocycles. The Balaban J connectivity index is 1.74. The molecule has 1 aliphatic heterocycles. The Hall–Kier alpha value is -0.770. The quantitative estimate of drug-likeness (QED) is 0.676. The summed E-state index contributed by atoms with van der Waals surface area (Å²) in [5.74, 6) is 0. The molecule has 0 unspecified atom stereocenters. The lowest BCUT2D eigenvalue weighted by atomic mass is 9.96. The second kappa shape index (κ2) is 3.67. The van der Waals surface area contributed by atoms with Gasteiger partial charge in [-0.25, -0.2) is 4.79 Å². The number of rotatable bonds is 1. The lowest BCUT2D eigenvalue weighted by Gasteiger charge is -2.24. The number of ether oxygens (including phenoxy) is 2. The van der Waals surface area contributed by atoms with E-state index in [0.717, 1.165) is 19.3 Å². The molecule has 86 valence electrons. The fraction of sp³-hybridized carbons (Fsp3) is 0.909. The first-order valence-corrected chi connectivity index (χ1v) is 5.59. The summed E-state index contributed by atoms with van der Waals surface area (Å²) in [6.07, 6.45) is 3.54. The van der Waals surface area contributed by atoms with Gasteiger partial charge in [0, 0.05) is 6.04 Å². The van der Waals surface area contributed by atoms with Crippen LogP contribution in [0.15, 0.2) is 0 Å². The van der Waals surface area contributed by atoms with Gasteiger partial charge in [-0.15, -0.1) is 0 Å². The van der Waals surface area contributed by atoms with Crippen LogP contribution >= 0.6 is 0 Å². The standard InChI is InChI=1S/C11H19NO3/c1-11(2,3)15-10(13)12-7-4-5-8-9(6-7)14-8/h7-9H,4-6H2,1-3H3,(H,12,13)/t7-,8-,9-/m1/s1. The highest BCUT2D eigenvalue weighted by atomic mass is 16.6. The van der Waals surface area contributed by atoms with E-state index in [1.54, 1.807) is 0 Å². The summed E-state index contributed by atoms with van der Waals surface area (Å²) in [6.45, 7) is 5.61. The Kier molecular flexibility index (Phi) is 2.63. The van der Waals surface area contributed by atoms with E-state index in [0.29, 0.717) is 12.2 Å². The minimum absolute atomic E-state index is 0.226. The zero-order valence-corrected chi connectivity index (χ0v) is 9.58. The summed E-state index contributed by atoms with van der Waals surface area (Å²) in [5.41, 5.74) is -0.419. The van der Waals surface area contributed by atoms with E-state index in [1.807, 2.05) is 20.8 Å². The number of fused-ring (bicyclic) bond motifs is 1. The largest absolute Gasteiger partial charge is 0.444 e. The fourth-order valence-corrected chi connectivity index (χ4v) is 2.01. The average Bonchev–Trinajstić information content (AvgIpc) is 2.77. The molecule has 1 amide bonds. The van der Waals surface area contributed by atoms with Gasteiger partial charge in [0.25, 0.3) is 0 Å². The molecule has 4 nitrogen and oxygen atoms in total. The number of carbonyl (C=O) groups excluding carboxylic acids is 1. The Morgan fingerprint density at radius 2 is 2.07 bits per heavy atom.